The largest absolute Gasteiger partial charge is 0.493 e. The number of nitrogens with zero attached hydrogens (tertiary/aromatic N) is 4. The highest BCUT2D eigenvalue weighted by molar-refractivity contribution is 7.89. The minimum Gasteiger partial charge on any atom is -0.493 e. The SMILES string of the molecule is CCOc1ccc(S(=O)(=O)NCC(C)(C)CO)cc1-c1nn2c(C3CCCC3)nnc2c(=O)[nH]1. The van der Waals surface area contributed by atoms with Gasteiger partial charge in [0.1, 0.15) is 5.75 Å². The van der Waals surface area contributed by atoms with Crippen LogP contribution >= 0.6 is 0 Å². The van der Waals surface area contributed by atoms with Gasteiger partial charge in [-0.3, -0.25) is 4.79 Å². The lowest BCUT2D eigenvalue weighted by atomic mass is 9.96. The molecule has 2 aromatic heterocycles. The van der Waals surface area contributed by atoms with Gasteiger partial charge in [0.05, 0.1) is 17.1 Å². The summed E-state index contributed by atoms with van der Waals surface area (Å²) < 4.78 is 35.6. The topological polar surface area (TPSA) is 152 Å². The number of hydrogen-bond donors (Lipinski definition) is 3. The van der Waals surface area contributed by atoms with E-state index in [1.54, 1.807) is 19.9 Å². The van der Waals surface area contributed by atoms with Gasteiger partial charge in [0.15, 0.2) is 11.6 Å². The second-order valence-electron chi connectivity index (χ2n) is 9.32. The maximum Gasteiger partial charge on any atom is 0.296 e. The number of aromatic amines is 1. The van der Waals surface area contributed by atoms with E-state index in [4.69, 9.17) is 4.74 Å². The van der Waals surface area contributed by atoms with Crippen molar-refractivity contribution < 1.29 is 18.3 Å². The third-order valence-corrected chi connectivity index (χ3v) is 7.40. The average Bonchev–Trinajstić information content (AvgIpc) is 3.48. The minimum absolute atomic E-state index is 0.0118. The molecule has 3 N–H and O–H groups in total. The Hall–Kier alpha value is -2.83. The number of H-pyrrole nitrogens is 1. The smallest absolute Gasteiger partial charge is 0.296 e. The molecule has 0 saturated heterocycles. The van der Waals surface area contributed by atoms with Crippen molar-refractivity contribution in [3.8, 4) is 17.1 Å². The van der Waals surface area contributed by atoms with Crippen molar-refractivity contribution in [1.82, 2.24) is 29.5 Å². The lowest BCUT2D eigenvalue weighted by Crippen LogP contribution is -2.36. The summed E-state index contributed by atoms with van der Waals surface area (Å²) in [5.41, 5.74) is -0.666. The summed E-state index contributed by atoms with van der Waals surface area (Å²) in [4.78, 5) is 15.5. The Kier molecular flexibility index (Phi) is 6.74. The molecule has 3 aromatic rings. The first kappa shape index (κ1) is 24.3. The van der Waals surface area contributed by atoms with Gasteiger partial charge in [-0.1, -0.05) is 26.7 Å². The Balaban J connectivity index is 1.80. The molecule has 1 aromatic carbocycles. The molecule has 1 saturated carbocycles. The summed E-state index contributed by atoms with van der Waals surface area (Å²) >= 11 is 0. The molecule has 184 valence electrons. The third-order valence-electron chi connectivity index (χ3n) is 6.01. The molecule has 0 radical (unpaired) electrons. The fourth-order valence-corrected chi connectivity index (χ4v) is 5.22. The first-order valence-electron chi connectivity index (χ1n) is 11.4. The van der Waals surface area contributed by atoms with Crippen molar-refractivity contribution >= 4 is 15.7 Å². The fourth-order valence-electron chi connectivity index (χ4n) is 3.95. The zero-order valence-corrected chi connectivity index (χ0v) is 20.4. The van der Waals surface area contributed by atoms with Crippen LogP contribution in [0.5, 0.6) is 5.75 Å². The summed E-state index contributed by atoms with van der Waals surface area (Å²) in [6.45, 7) is 5.55. The van der Waals surface area contributed by atoms with Crippen LogP contribution in [-0.2, 0) is 10.0 Å². The zero-order valence-electron chi connectivity index (χ0n) is 19.5. The molecular weight excluding hydrogens is 460 g/mol. The quantitative estimate of drug-likeness (QED) is 0.411. The van der Waals surface area contributed by atoms with E-state index in [9.17, 15) is 18.3 Å². The van der Waals surface area contributed by atoms with Crippen LogP contribution < -0.4 is 15.0 Å². The Labute approximate surface area is 197 Å². The molecule has 0 spiro atoms. The van der Waals surface area contributed by atoms with Crippen LogP contribution in [0.1, 0.15) is 58.2 Å². The summed E-state index contributed by atoms with van der Waals surface area (Å²) in [5.74, 6) is 1.35. The average molecular weight is 491 g/mol. The number of hydrogen-bond acceptors (Lipinski definition) is 8. The van der Waals surface area contributed by atoms with E-state index < -0.39 is 21.0 Å². The van der Waals surface area contributed by atoms with Crippen molar-refractivity contribution in [1.29, 1.82) is 0 Å². The van der Waals surface area contributed by atoms with Crippen molar-refractivity contribution in [2.24, 2.45) is 5.41 Å². The number of aliphatic hydroxyl groups is 1. The minimum atomic E-state index is -3.90. The number of fused-ring (bicyclic) bond motifs is 1. The highest BCUT2D eigenvalue weighted by Crippen LogP contribution is 2.34. The molecule has 1 fully saturated rings. The van der Waals surface area contributed by atoms with E-state index in [1.165, 1.54) is 16.6 Å². The first-order chi connectivity index (χ1) is 16.1. The molecule has 34 heavy (non-hydrogen) atoms. The predicted molar refractivity (Wildman–Crippen MR) is 125 cm³/mol. The molecule has 12 heteroatoms. The van der Waals surface area contributed by atoms with Gasteiger partial charge < -0.3 is 14.8 Å². The van der Waals surface area contributed by atoms with Crippen LogP contribution in [0.15, 0.2) is 27.9 Å². The van der Waals surface area contributed by atoms with Gasteiger partial charge in [0.2, 0.25) is 15.7 Å². The molecular formula is C22H30N6O5S. The molecule has 1 aliphatic rings. The Morgan fingerprint density at radius 2 is 2.00 bits per heavy atom. The summed E-state index contributed by atoms with van der Waals surface area (Å²) in [6.07, 6.45) is 4.09. The van der Waals surface area contributed by atoms with E-state index in [2.05, 4.69) is 25.0 Å². The fraction of sp³-hybridized carbons (Fsp3) is 0.545. The zero-order chi connectivity index (χ0) is 24.5. The molecule has 4 rings (SSSR count). The van der Waals surface area contributed by atoms with Gasteiger partial charge in [-0.15, -0.1) is 15.3 Å². The van der Waals surface area contributed by atoms with Crippen LogP contribution in [0.2, 0.25) is 0 Å². The molecule has 0 bridgehead atoms. The van der Waals surface area contributed by atoms with Gasteiger partial charge >= 0.3 is 0 Å². The molecule has 0 aliphatic heterocycles. The molecule has 0 atom stereocenters. The van der Waals surface area contributed by atoms with Crippen LogP contribution in [-0.4, -0.2) is 58.1 Å². The Morgan fingerprint density at radius 3 is 2.68 bits per heavy atom. The summed E-state index contributed by atoms with van der Waals surface area (Å²) in [6, 6.07) is 4.39. The second kappa shape index (κ2) is 9.43. The number of aliphatic hydroxyl groups excluding tert-OH is 1. The van der Waals surface area contributed by atoms with E-state index >= 15 is 0 Å². The van der Waals surface area contributed by atoms with E-state index in [0.29, 0.717) is 23.7 Å². The second-order valence-corrected chi connectivity index (χ2v) is 11.1. The lowest BCUT2D eigenvalue weighted by Gasteiger charge is -2.22. The normalized spacial score (nSPS) is 15.3. The molecule has 0 unspecified atom stereocenters. The van der Waals surface area contributed by atoms with E-state index in [-0.39, 0.29) is 35.4 Å². The number of nitrogens with one attached hydrogen (secondary N) is 2. The maximum absolute atomic E-state index is 13.0. The van der Waals surface area contributed by atoms with E-state index in [1.807, 2.05) is 6.92 Å². The molecule has 11 nitrogen and oxygen atoms in total. The first-order valence-corrected chi connectivity index (χ1v) is 12.9. The summed E-state index contributed by atoms with van der Waals surface area (Å²) in [7, 11) is -3.90. The number of rotatable bonds is 9. The molecule has 2 heterocycles. The number of ether oxygens (including phenoxy) is 1. The van der Waals surface area contributed by atoms with Gasteiger partial charge in [0.25, 0.3) is 5.56 Å². The highest BCUT2D eigenvalue weighted by atomic mass is 32.2. The lowest BCUT2D eigenvalue weighted by molar-refractivity contribution is 0.163. The number of aromatic nitrogens is 5. The highest BCUT2D eigenvalue weighted by Gasteiger charge is 2.26. The van der Waals surface area contributed by atoms with Crippen LogP contribution in [0.3, 0.4) is 0 Å². The summed E-state index contributed by atoms with van der Waals surface area (Å²) in [5, 5.41) is 22.3. The van der Waals surface area contributed by atoms with Crippen molar-refractivity contribution in [2.45, 2.75) is 57.3 Å². The Bertz CT molecular complexity index is 1340. The number of benzene rings is 1. The van der Waals surface area contributed by atoms with Gasteiger partial charge in [0, 0.05) is 24.5 Å². The Morgan fingerprint density at radius 1 is 1.26 bits per heavy atom. The maximum atomic E-state index is 13.0. The molecule has 1 aliphatic carbocycles. The van der Waals surface area contributed by atoms with Gasteiger partial charge in [-0.25, -0.2) is 13.1 Å². The number of sulfonamides is 1. The van der Waals surface area contributed by atoms with Crippen LogP contribution in [0.25, 0.3) is 17.0 Å². The predicted octanol–water partition coefficient (Wildman–Crippen LogP) is 1.83. The molecule has 0 amide bonds. The third kappa shape index (κ3) is 4.84. The van der Waals surface area contributed by atoms with E-state index in [0.717, 1.165) is 25.7 Å². The van der Waals surface area contributed by atoms with Crippen molar-refractivity contribution in [3.63, 3.8) is 0 Å². The van der Waals surface area contributed by atoms with Crippen molar-refractivity contribution in [2.75, 3.05) is 19.8 Å². The monoisotopic (exact) mass is 490 g/mol. The standard InChI is InChI=1S/C22H30N6O5S/c1-4-33-17-10-9-15(34(31,32)23-12-22(2,3)13-29)11-16(17)18-24-21(30)20-26-25-19(28(20)27-18)14-7-5-6-8-14/h9-11,14,23,29H,4-8,12-13H2,1-3H3,(H,24,27,30). The van der Waals surface area contributed by atoms with Crippen molar-refractivity contribution in [3.05, 3.63) is 34.4 Å². The van der Waals surface area contributed by atoms with Gasteiger partial charge in [-0.05, 0) is 38.0 Å². The van der Waals surface area contributed by atoms with Crippen LogP contribution in [0.4, 0.5) is 0 Å². The van der Waals surface area contributed by atoms with Gasteiger partial charge in [-0.2, -0.15) is 4.52 Å². The van der Waals surface area contributed by atoms with Crippen LogP contribution in [0, 0.1) is 5.41 Å².